The first kappa shape index (κ1) is 29.9. The molecule has 0 N–H and O–H groups in total. The van der Waals surface area contributed by atoms with Crippen LogP contribution in [0.15, 0.2) is 179 Å². The van der Waals surface area contributed by atoms with E-state index in [0.29, 0.717) is 17.5 Å². The number of benzene rings is 8. The molecular formula is C49H28N4O2. The Kier molecular flexibility index (Phi) is 6.24. The molecule has 0 aliphatic carbocycles. The Morgan fingerprint density at radius 1 is 0.345 bits per heavy atom. The van der Waals surface area contributed by atoms with E-state index in [1.165, 1.54) is 10.8 Å². The van der Waals surface area contributed by atoms with Crippen molar-refractivity contribution >= 4 is 76.5 Å². The fourth-order valence-corrected chi connectivity index (χ4v) is 8.35. The summed E-state index contributed by atoms with van der Waals surface area (Å²) in [5, 5.41) is 8.82. The van der Waals surface area contributed by atoms with Gasteiger partial charge in [-0.15, -0.1) is 0 Å². The first-order valence-corrected chi connectivity index (χ1v) is 18.4. The summed E-state index contributed by atoms with van der Waals surface area (Å²) in [5.41, 5.74) is 9.35. The molecular weight excluding hydrogens is 677 g/mol. The zero-order valence-electron chi connectivity index (χ0n) is 29.3. The zero-order valence-corrected chi connectivity index (χ0v) is 29.3. The van der Waals surface area contributed by atoms with Crippen LogP contribution in [0.1, 0.15) is 0 Å². The number of nitrogens with zero attached hydrogens (tertiary/aromatic N) is 4. The largest absolute Gasteiger partial charge is 0.456 e. The summed E-state index contributed by atoms with van der Waals surface area (Å²) in [6.07, 6.45) is 0. The van der Waals surface area contributed by atoms with Crippen LogP contribution < -0.4 is 0 Å². The van der Waals surface area contributed by atoms with Crippen molar-refractivity contribution in [2.75, 3.05) is 0 Å². The Bertz CT molecular complexity index is 3430. The van der Waals surface area contributed by atoms with Crippen molar-refractivity contribution in [1.29, 1.82) is 0 Å². The van der Waals surface area contributed by atoms with E-state index >= 15 is 0 Å². The lowest BCUT2D eigenvalue weighted by Gasteiger charge is -2.11. The Labute approximate surface area is 313 Å². The maximum Gasteiger partial charge on any atom is 0.164 e. The highest BCUT2D eigenvalue weighted by Crippen LogP contribution is 2.42. The van der Waals surface area contributed by atoms with Crippen molar-refractivity contribution in [1.82, 2.24) is 19.5 Å². The van der Waals surface area contributed by atoms with Crippen LogP contribution in [0.2, 0.25) is 0 Å². The molecule has 0 unspecified atom stereocenters. The molecule has 0 radical (unpaired) electrons. The summed E-state index contributed by atoms with van der Waals surface area (Å²) < 4.78 is 15.4. The van der Waals surface area contributed by atoms with E-state index in [-0.39, 0.29) is 0 Å². The summed E-state index contributed by atoms with van der Waals surface area (Å²) in [4.78, 5) is 15.1. The van der Waals surface area contributed by atoms with Crippen LogP contribution in [0.3, 0.4) is 0 Å². The van der Waals surface area contributed by atoms with Gasteiger partial charge in [-0.1, -0.05) is 121 Å². The van der Waals surface area contributed by atoms with Gasteiger partial charge in [0.25, 0.3) is 0 Å². The van der Waals surface area contributed by atoms with Crippen LogP contribution in [0, 0.1) is 0 Å². The second-order valence-corrected chi connectivity index (χ2v) is 14.0. The molecule has 256 valence electrons. The minimum atomic E-state index is 0.592. The van der Waals surface area contributed by atoms with Crippen LogP contribution in [-0.4, -0.2) is 19.5 Å². The average molecular weight is 705 g/mol. The van der Waals surface area contributed by atoms with Crippen LogP contribution in [0.5, 0.6) is 0 Å². The number of furan rings is 2. The molecule has 12 aromatic rings. The van der Waals surface area contributed by atoms with E-state index in [4.69, 9.17) is 23.8 Å². The Morgan fingerprint density at radius 2 is 0.945 bits per heavy atom. The lowest BCUT2D eigenvalue weighted by molar-refractivity contribution is 0.668. The van der Waals surface area contributed by atoms with Gasteiger partial charge in [0, 0.05) is 60.8 Å². The van der Waals surface area contributed by atoms with E-state index in [9.17, 15) is 0 Å². The summed E-state index contributed by atoms with van der Waals surface area (Å²) in [6, 6.07) is 58.5. The van der Waals surface area contributed by atoms with Gasteiger partial charge in [0.05, 0.1) is 11.0 Å². The fourth-order valence-electron chi connectivity index (χ4n) is 8.35. The second kappa shape index (κ2) is 11.5. The van der Waals surface area contributed by atoms with Crippen LogP contribution in [0.4, 0.5) is 0 Å². The molecule has 12 rings (SSSR count). The highest BCUT2D eigenvalue weighted by atomic mass is 16.3. The second-order valence-electron chi connectivity index (χ2n) is 14.0. The van der Waals surface area contributed by atoms with Crippen molar-refractivity contribution in [2.45, 2.75) is 0 Å². The Balaban J connectivity index is 1.10. The third-order valence-corrected chi connectivity index (χ3v) is 10.8. The topological polar surface area (TPSA) is 69.9 Å². The molecule has 55 heavy (non-hydrogen) atoms. The van der Waals surface area contributed by atoms with Crippen molar-refractivity contribution in [2.24, 2.45) is 0 Å². The summed E-state index contributed by atoms with van der Waals surface area (Å²) in [6.45, 7) is 0. The summed E-state index contributed by atoms with van der Waals surface area (Å²) in [5.74, 6) is 1.83. The van der Waals surface area contributed by atoms with Crippen molar-refractivity contribution < 1.29 is 8.83 Å². The van der Waals surface area contributed by atoms with Gasteiger partial charge >= 0.3 is 0 Å². The van der Waals surface area contributed by atoms with Gasteiger partial charge in [-0.3, -0.25) is 0 Å². The van der Waals surface area contributed by atoms with Crippen molar-refractivity contribution in [3.63, 3.8) is 0 Å². The molecule has 6 nitrogen and oxygen atoms in total. The molecule has 0 saturated carbocycles. The zero-order chi connectivity index (χ0) is 36.0. The molecule has 6 heteroatoms. The average Bonchev–Trinajstić information content (AvgIpc) is 3.91. The molecule has 4 heterocycles. The maximum atomic E-state index is 6.70. The summed E-state index contributed by atoms with van der Waals surface area (Å²) >= 11 is 0. The van der Waals surface area contributed by atoms with Crippen molar-refractivity contribution in [3.8, 4) is 39.9 Å². The normalized spacial score (nSPS) is 12.0. The van der Waals surface area contributed by atoms with E-state index in [1.54, 1.807) is 0 Å². The van der Waals surface area contributed by atoms with Gasteiger partial charge in [-0.25, -0.2) is 15.0 Å². The van der Waals surface area contributed by atoms with Gasteiger partial charge in [-0.05, 0) is 53.2 Å². The van der Waals surface area contributed by atoms with E-state index < -0.39 is 0 Å². The van der Waals surface area contributed by atoms with E-state index in [0.717, 1.165) is 88.1 Å². The first-order valence-electron chi connectivity index (χ1n) is 18.4. The quantitative estimate of drug-likeness (QED) is 0.182. The first-order chi connectivity index (χ1) is 27.2. The molecule has 0 atom stereocenters. The van der Waals surface area contributed by atoms with Gasteiger partial charge in [0.1, 0.15) is 22.3 Å². The van der Waals surface area contributed by atoms with Gasteiger partial charge < -0.3 is 13.4 Å². The Hall–Kier alpha value is -7.57. The molecule has 0 fully saturated rings. The third-order valence-electron chi connectivity index (χ3n) is 10.8. The van der Waals surface area contributed by atoms with Gasteiger partial charge in [0.15, 0.2) is 17.5 Å². The Morgan fingerprint density at radius 3 is 1.71 bits per heavy atom. The molecule has 0 spiro atoms. The minimum absolute atomic E-state index is 0.592. The monoisotopic (exact) mass is 704 g/mol. The molecule has 0 amide bonds. The number of fused-ring (bicyclic) bond motifs is 11. The predicted octanol–water partition coefficient (Wildman–Crippen LogP) is 12.9. The molecule has 4 aromatic heterocycles. The van der Waals surface area contributed by atoms with E-state index in [1.807, 2.05) is 72.8 Å². The molecule has 0 bridgehead atoms. The summed E-state index contributed by atoms with van der Waals surface area (Å²) in [7, 11) is 0. The minimum Gasteiger partial charge on any atom is -0.456 e. The predicted molar refractivity (Wildman–Crippen MR) is 223 cm³/mol. The van der Waals surface area contributed by atoms with Crippen LogP contribution >= 0.6 is 0 Å². The molecule has 0 aliphatic heterocycles. The van der Waals surface area contributed by atoms with E-state index in [2.05, 4.69) is 102 Å². The lowest BCUT2D eigenvalue weighted by Crippen LogP contribution is -2.00. The third kappa shape index (κ3) is 4.52. The molecule has 0 saturated heterocycles. The standard InChI is InChI=1S/C49H28N4O2/c1-3-13-29(14-4-1)47-50-48(30-15-5-2-6-16-30)52-49(51-47)38-27-45-46(35-20-8-7-17-32(35)38)39-25-31(23-24-43(39)55-45)53-40-21-11-9-18-33(40)36-26-37-34-19-10-12-22-42(34)54-44(37)28-41(36)53/h1-28H. The fraction of sp³-hybridized carbons (Fsp3) is 0. The molecule has 0 aliphatic rings. The maximum absolute atomic E-state index is 6.70. The molecule has 8 aromatic carbocycles. The highest BCUT2D eigenvalue weighted by Gasteiger charge is 2.21. The van der Waals surface area contributed by atoms with Crippen molar-refractivity contribution in [3.05, 3.63) is 170 Å². The number of para-hydroxylation sites is 2. The number of hydrogen-bond donors (Lipinski definition) is 0. The number of aromatic nitrogens is 4. The van der Waals surface area contributed by atoms with Crippen LogP contribution in [0.25, 0.3) is 116 Å². The number of hydrogen-bond acceptors (Lipinski definition) is 5. The SMILES string of the molecule is c1ccc(-c2nc(-c3ccccc3)nc(-c3cc4oc5ccc(-n6c7ccccc7c7cc8c(cc76)oc6ccccc68)cc5c4c4ccccc34)n2)cc1. The highest BCUT2D eigenvalue weighted by molar-refractivity contribution is 6.22. The van der Waals surface area contributed by atoms with Gasteiger partial charge in [-0.2, -0.15) is 0 Å². The van der Waals surface area contributed by atoms with Gasteiger partial charge in [0.2, 0.25) is 0 Å². The lowest BCUT2D eigenvalue weighted by atomic mass is 9.98. The smallest absolute Gasteiger partial charge is 0.164 e. The van der Waals surface area contributed by atoms with Crippen LogP contribution in [-0.2, 0) is 0 Å². The number of rotatable bonds is 4.